The molecule has 2 N–H and O–H groups in total. The van der Waals surface area contributed by atoms with Crippen LogP contribution in [0.3, 0.4) is 0 Å². The van der Waals surface area contributed by atoms with Crippen molar-refractivity contribution < 1.29 is 28.6 Å². The molecule has 0 aromatic heterocycles. The lowest BCUT2D eigenvalue weighted by Gasteiger charge is -2.40. The topological polar surface area (TPSA) is 106 Å². The minimum atomic E-state index is -0.835. The maximum Gasteiger partial charge on any atom is 0.408 e. The normalized spacial score (nSPS) is 15.5. The van der Waals surface area contributed by atoms with E-state index < -0.39 is 29.8 Å². The predicted octanol–water partition coefficient (Wildman–Crippen LogP) is 1.91. The molecule has 0 bridgehead atoms. The number of amides is 2. The van der Waals surface area contributed by atoms with E-state index in [9.17, 15) is 14.4 Å². The first-order valence-corrected chi connectivity index (χ1v) is 9.90. The standard InChI is InChI=1S/C21H31N3O6/c1-21(2,3)30-19(26)22-10-16-11-24(12-16)13-17(18(25)28-4)23-20(27)29-14-15-8-6-5-7-9-15/h5-9,16-17H,10-14H2,1-4H3,(H,22,26)(H,23,27). The second kappa shape index (κ2) is 10.8. The van der Waals surface area contributed by atoms with Gasteiger partial charge in [-0.05, 0) is 26.3 Å². The molecule has 9 heteroatoms. The Labute approximate surface area is 177 Å². The molecule has 0 spiro atoms. The Balaban J connectivity index is 1.72. The molecular weight excluding hydrogens is 390 g/mol. The van der Waals surface area contributed by atoms with Crippen LogP contribution in [0.25, 0.3) is 0 Å². The van der Waals surface area contributed by atoms with E-state index in [1.54, 1.807) is 0 Å². The largest absolute Gasteiger partial charge is 0.467 e. The number of carbonyl (C=O) groups excluding carboxylic acids is 3. The van der Waals surface area contributed by atoms with Gasteiger partial charge in [0.2, 0.25) is 0 Å². The van der Waals surface area contributed by atoms with Crippen molar-refractivity contribution in [1.82, 2.24) is 15.5 Å². The zero-order valence-electron chi connectivity index (χ0n) is 18.0. The van der Waals surface area contributed by atoms with Crippen LogP contribution >= 0.6 is 0 Å². The van der Waals surface area contributed by atoms with E-state index in [1.807, 2.05) is 56.0 Å². The van der Waals surface area contributed by atoms with Crippen LogP contribution in [0.15, 0.2) is 30.3 Å². The molecule has 9 nitrogen and oxygen atoms in total. The average molecular weight is 421 g/mol. The number of hydrogen-bond acceptors (Lipinski definition) is 7. The number of rotatable bonds is 8. The number of alkyl carbamates (subject to hydrolysis) is 2. The van der Waals surface area contributed by atoms with Gasteiger partial charge < -0.3 is 24.8 Å². The summed E-state index contributed by atoms with van der Waals surface area (Å²) in [6, 6.07) is 8.43. The molecule has 1 aliphatic heterocycles. The minimum Gasteiger partial charge on any atom is -0.467 e. The van der Waals surface area contributed by atoms with Crippen molar-refractivity contribution >= 4 is 18.2 Å². The number of nitrogens with zero attached hydrogens (tertiary/aromatic N) is 1. The van der Waals surface area contributed by atoms with Crippen LogP contribution in [-0.4, -0.2) is 68.0 Å². The van der Waals surface area contributed by atoms with Gasteiger partial charge in [-0.2, -0.15) is 0 Å². The van der Waals surface area contributed by atoms with Gasteiger partial charge in [0.05, 0.1) is 7.11 Å². The van der Waals surface area contributed by atoms with Crippen molar-refractivity contribution in [2.45, 2.75) is 39.0 Å². The fraction of sp³-hybridized carbons (Fsp3) is 0.571. The maximum atomic E-state index is 12.1. The molecule has 0 saturated carbocycles. The smallest absolute Gasteiger partial charge is 0.408 e. The third kappa shape index (κ3) is 8.28. The first-order chi connectivity index (χ1) is 14.2. The average Bonchev–Trinajstić information content (AvgIpc) is 2.65. The first-order valence-electron chi connectivity index (χ1n) is 9.90. The van der Waals surface area contributed by atoms with Crippen LogP contribution in [0, 0.1) is 5.92 Å². The number of ether oxygens (including phenoxy) is 3. The SMILES string of the molecule is COC(=O)C(CN1CC(CNC(=O)OC(C)(C)C)C1)NC(=O)OCc1ccccc1. The number of nitrogens with one attached hydrogen (secondary N) is 2. The number of methoxy groups -OCH3 is 1. The minimum absolute atomic E-state index is 0.114. The van der Waals surface area contributed by atoms with Gasteiger partial charge >= 0.3 is 18.2 Å². The summed E-state index contributed by atoms with van der Waals surface area (Å²) in [5.41, 5.74) is 0.315. The zero-order valence-corrected chi connectivity index (χ0v) is 18.0. The predicted molar refractivity (Wildman–Crippen MR) is 110 cm³/mol. The summed E-state index contributed by atoms with van der Waals surface area (Å²) in [7, 11) is 1.27. The number of hydrogen-bond donors (Lipinski definition) is 2. The molecule has 0 radical (unpaired) electrons. The van der Waals surface area contributed by atoms with E-state index in [2.05, 4.69) is 10.6 Å². The second-order valence-corrected chi connectivity index (χ2v) is 8.25. The lowest BCUT2D eigenvalue weighted by Crippen LogP contribution is -2.57. The molecule has 1 fully saturated rings. The molecule has 1 heterocycles. The Hall–Kier alpha value is -2.81. The zero-order chi connectivity index (χ0) is 22.1. The Morgan fingerprint density at radius 2 is 1.80 bits per heavy atom. The number of benzene rings is 1. The van der Waals surface area contributed by atoms with Crippen LogP contribution in [-0.2, 0) is 25.6 Å². The lowest BCUT2D eigenvalue weighted by atomic mass is 9.99. The van der Waals surface area contributed by atoms with E-state index in [0.717, 1.165) is 5.56 Å². The van der Waals surface area contributed by atoms with Crippen LogP contribution in [0.1, 0.15) is 26.3 Å². The van der Waals surface area contributed by atoms with Crippen LogP contribution in [0.5, 0.6) is 0 Å². The summed E-state index contributed by atoms with van der Waals surface area (Å²) in [5.74, 6) is -0.289. The Morgan fingerprint density at radius 1 is 1.13 bits per heavy atom. The quantitative estimate of drug-likeness (QED) is 0.488. The van der Waals surface area contributed by atoms with Crippen molar-refractivity contribution in [3.05, 3.63) is 35.9 Å². The molecule has 2 amide bonds. The van der Waals surface area contributed by atoms with Gasteiger partial charge in [-0.1, -0.05) is 30.3 Å². The first kappa shape index (κ1) is 23.5. The summed E-state index contributed by atoms with van der Waals surface area (Å²) >= 11 is 0. The van der Waals surface area contributed by atoms with Crippen molar-refractivity contribution in [3.8, 4) is 0 Å². The van der Waals surface area contributed by atoms with Crippen molar-refractivity contribution in [2.24, 2.45) is 5.92 Å². The highest BCUT2D eigenvalue weighted by molar-refractivity contribution is 5.81. The Bertz CT molecular complexity index is 713. The molecule has 0 aliphatic carbocycles. The van der Waals surface area contributed by atoms with Gasteiger partial charge in [0.15, 0.2) is 0 Å². The molecule has 1 aromatic rings. The van der Waals surface area contributed by atoms with E-state index in [1.165, 1.54) is 7.11 Å². The molecule has 1 aromatic carbocycles. The summed E-state index contributed by atoms with van der Waals surface area (Å²) in [5, 5.41) is 5.31. The molecule has 30 heavy (non-hydrogen) atoms. The monoisotopic (exact) mass is 421 g/mol. The molecule has 1 saturated heterocycles. The fourth-order valence-electron chi connectivity index (χ4n) is 2.98. The van der Waals surface area contributed by atoms with Crippen molar-refractivity contribution in [3.63, 3.8) is 0 Å². The Kier molecular flexibility index (Phi) is 8.46. The van der Waals surface area contributed by atoms with E-state index in [-0.39, 0.29) is 12.5 Å². The van der Waals surface area contributed by atoms with Gasteiger partial charge in [0.25, 0.3) is 0 Å². The molecular formula is C21H31N3O6. The molecule has 1 unspecified atom stereocenters. The van der Waals surface area contributed by atoms with Crippen molar-refractivity contribution in [1.29, 1.82) is 0 Å². The van der Waals surface area contributed by atoms with Crippen LogP contribution in [0.2, 0.25) is 0 Å². The lowest BCUT2D eigenvalue weighted by molar-refractivity contribution is -0.144. The fourth-order valence-corrected chi connectivity index (χ4v) is 2.98. The second-order valence-electron chi connectivity index (χ2n) is 8.25. The number of carbonyl (C=O) groups is 3. The van der Waals surface area contributed by atoms with Gasteiger partial charge in [0, 0.05) is 32.1 Å². The summed E-state index contributed by atoms with van der Waals surface area (Å²) in [6.45, 7) is 7.70. The number of likely N-dealkylation sites (tertiary alicyclic amines) is 1. The van der Waals surface area contributed by atoms with E-state index in [0.29, 0.717) is 26.2 Å². The van der Waals surface area contributed by atoms with E-state index in [4.69, 9.17) is 14.2 Å². The molecule has 166 valence electrons. The third-order valence-electron chi connectivity index (χ3n) is 4.40. The van der Waals surface area contributed by atoms with Crippen molar-refractivity contribution in [2.75, 3.05) is 33.3 Å². The Morgan fingerprint density at radius 3 is 2.40 bits per heavy atom. The highest BCUT2D eigenvalue weighted by atomic mass is 16.6. The molecule has 1 aliphatic rings. The number of esters is 1. The van der Waals surface area contributed by atoms with E-state index >= 15 is 0 Å². The van der Waals surface area contributed by atoms with Crippen LogP contribution in [0.4, 0.5) is 9.59 Å². The summed E-state index contributed by atoms with van der Waals surface area (Å²) in [6.07, 6.45) is -1.13. The highest BCUT2D eigenvalue weighted by Gasteiger charge is 2.32. The molecule has 1 atom stereocenters. The molecule has 2 rings (SSSR count). The third-order valence-corrected chi connectivity index (χ3v) is 4.40. The van der Waals surface area contributed by atoms with Gasteiger partial charge in [-0.25, -0.2) is 14.4 Å². The van der Waals surface area contributed by atoms with Gasteiger partial charge in [-0.3, -0.25) is 4.90 Å². The summed E-state index contributed by atoms with van der Waals surface area (Å²) in [4.78, 5) is 37.8. The summed E-state index contributed by atoms with van der Waals surface area (Å²) < 4.78 is 15.2. The van der Waals surface area contributed by atoms with Gasteiger partial charge in [-0.15, -0.1) is 0 Å². The van der Waals surface area contributed by atoms with Gasteiger partial charge in [0.1, 0.15) is 18.2 Å². The maximum absolute atomic E-state index is 12.1. The highest BCUT2D eigenvalue weighted by Crippen LogP contribution is 2.16. The van der Waals surface area contributed by atoms with Crippen LogP contribution < -0.4 is 10.6 Å².